The van der Waals surface area contributed by atoms with Crippen LogP contribution in [0.3, 0.4) is 0 Å². The molecule has 0 saturated carbocycles. The van der Waals surface area contributed by atoms with Crippen LogP contribution in [0.15, 0.2) is 36.7 Å². The Morgan fingerprint density at radius 3 is 2.55 bits per heavy atom. The summed E-state index contributed by atoms with van der Waals surface area (Å²) in [7, 11) is 1.65. The SMILES string of the molecule is COc1ccc(OCCCNc2cc(C)ncn2)cc1. The summed E-state index contributed by atoms with van der Waals surface area (Å²) >= 11 is 0. The minimum absolute atomic E-state index is 0.656. The zero-order valence-electron chi connectivity index (χ0n) is 11.8. The third kappa shape index (κ3) is 4.42. The van der Waals surface area contributed by atoms with E-state index in [0.717, 1.165) is 36.0 Å². The molecule has 0 aliphatic carbocycles. The van der Waals surface area contributed by atoms with Crippen molar-refractivity contribution in [3.63, 3.8) is 0 Å². The number of aromatic nitrogens is 2. The van der Waals surface area contributed by atoms with E-state index in [1.54, 1.807) is 13.4 Å². The van der Waals surface area contributed by atoms with E-state index in [1.165, 1.54) is 0 Å². The van der Waals surface area contributed by atoms with Gasteiger partial charge in [-0.05, 0) is 37.6 Å². The molecule has 0 fully saturated rings. The van der Waals surface area contributed by atoms with Crippen molar-refractivity contribution in [2.75, 3.05) is 25.6 Å². The number of anilines is 1. The molecule has 1 aromatic heterocycles. The fourth-order valence-electron chi connectivity index (χ4n) is 1.70. The van der Waals surface area contributed by atoms with Crippen LogP contribution in [-0.2, 0) is 0 Å². The van der Waals surface area contributed by atoms with Crippen LogP contribution < -0.4 is 14.8 Å². The lowest BCUT2D eigenvalue weighted by Crippen LogP contribution is -2.08. The number of aryl methyl sites for hydroxylation is 1. The molecule has 0 amide bonds. The van der Waals surface area contributed by atoms with E-state index < -0.39 is 0 Å². The van der Waals surface area contributed by atoms with Crippen molar-refractivity contribution in [1.82, 2.24) is 9.97 Å². The van der Waals surface area contributed by atoms with Crippen LogP contribution >= 0.6 is 0 Å². The Labute approximate surface area is 119 Å². The molecule has 2 aromatic rings. The number of hydrogen-bond donors (Lipinski definition) is 1. The highest BCUT2D eigenvalue weighted by atomic mass is 16.5. The summed E-state index contributed by atoms with van der Waals surface area (Å²) in [6.45, 7) is 3.41. The minimum Gasteiger partial charge on any atom is -0.497 e. The van der Waals surface area contributed by atoms with Gasteiger partial charge in [-0.2, -0.15) is 0 Å². The van der Waals surface area contributed by atoms with Crippen LogP contribution in [0.25, 0.3) is 0 Å². The number of nitrogens with zero attached hydrogens (tertiary/aromatic N) is 2. The summed E-state index contributed by atoms with van der Waals surface area (Å²) in [5, 5.41) is 3.24. The molecular formula is C15H19N3O2. The third-order valence-corrected chi connectivity index (χ3v) is 2.76. The van der Waals surface area contributed by atoms with Crippen LogP contribution in [0.5, 0.6) is 11.5 Å². The van der Waals surface area contributed by atoms with Gasteiger partial charge in [0.2, 0.25) is 0 Å². The number of nitrogens with one attached hydrogen (secondary N) is 1. The Balaban J connectivity index is 1.66. The summed E-state index contributed by atoms with van der Waals surface area (Å²) in [6.07, 6.45) is 2.46. The van der Waals surface area contributed by atoms with Gasteiger partial charge >= 0.3 is 0 Å². The molecule has 106 valence electrons. The summed E-state index contributed by atoms with van der Waals surface area (Å²) < 4.78 is 10.7. The Kier molecular flexibility index (Phi) is 5.17. The van der Waals surface area contributed by atoms with E-state index in [9.17, 15) is 0 Å². The number of ether oxygens (including phenoxy) is 2. The highest BCUT2D eigenvalue weighted by molar-refractivity contribution is 5.34. The second-order valence-corrected chi connectivity index (χ2v) is 4.35. The van der Waals surface area contributed by atoms with Gasteiger partial charge in [-0.25, -0.2) is 9.97 Å². The molecule has 0 atom stereocenters. The Bertz CT molecular complexity index is 529. The second kappa shape index (κ2) is 7.33. The second-order valence-electron chi connectivity index (χ2n) is 4.35. The number of hydrogen-bond acceptors (Lipinski definition) is 5. The fraction of sp³-hybridized carbons (Fsp3) is 0.333. The fourth-order valence-corrected chi connectivity index (χ4v) is 1.70. The quantitative estimate of drug-likeness (QED) is 0.786. The van der Waals surface area contributed by atoms with Gasteiger partial charge in [0, 0.05) is 18.3 Å². The van der Waals surface area contributed by atoms with E-state index in [4.69, 9.17) is 9.47 Å². The Morgan fingerprint density at radius 1 is 1.10 bits per heavy atom. The number of rotatable bonds is 7. The largest absolute Gasteiger partial charge is 0.497 e. The van der Waals surface area contributed by atoms with Gasteiger partial charge < -0.3 is 14.8 Å². The molecule has 0 saturated heterocycles. The van der Waals surface area contributed by atoms with Crippen LogP contribution in [0.2, 0.25) is 0 Å². The first-order valence-electron chi connectivity index (χ1n) is 6.57. The molecule has 5 nitrogen and oxygen atoms in total. The topological polar surface area (TPSA) is 56.3 Å². The van der Waals surface area contributed by atoms with E-state index in [1.807, 2.05) is 37.3 Å². The Hall–Kier alpha value is -2.30. The molecule has 0 spiro atoms. The summed E-state index contributed by atoms with van der Waals surface area (Å²) in [6, 6.07) is 9.50. The van der Waals surface area contributed by atoms with Gasteiger partial charge in [0.25, 0.3) is 0 Å². The lowest BCUT2D eigenvalue weighted by Gasteiger charge is -2.08. The van der Waals surface area contributed by atoms with Gasteiger partial charge in [-0.3, -0.25) is 0 Å². The molecule has 5 heteroatoms. The average Bonchev–Trinajstić information content (AvgIpc) is 2.48. The number of benzene rings is 1. The van der Waals surface area contributed by atoms with Gasteiger partial charge in [-0.15, -0.1) is 0 Å². The van der Waals surface area contributed by atoms with Crippen LogP contribution in [0, 0.1) is 6.92 Å². The van der Waals surface area contributed by atoms with Gasteiger partial charge in [0.05, 0.1) is 13.7 Å². The molecule has 20 heavy (non-hydrogen) atoms. The van der Waals surface area contributed by atoms with Crippen molar-refractivity contribution >= 4 is 5.82 Å². The van der Waals surface area contributed by atoms with Crippen LogP contribution in [0.4, 0.5) is 5.82 Å². The lowest BCUT2D eigenvalue weighted by molar-refractivity contribution is 0.314. The van der Waals surface area contributed by atoms with Crippen LogP contribution in [-0.4, -0.2) is 30.2 Å². The smallest absolute Gasteiger partial charge is 0.129 e. The highest BCUT2D eigenvalue weighted by Gasteiger charge is 1.97. The molecule has 0 aliphatic rings. The van der Waals surface area contributed by atoms with Gasteiger partial charge in [-0.1, -0.05) is 0 Å². The molecule has 2 rings (SSSR count). The molecule has 1 aromatic carbocycles. The molecule has 0 bridgehead atoms. The third-order valence-electron chi connectivity index (χ3n) is 2.76. The van der Waals surface area contributed by atoms with Crippen molar-refractivity contribution < 1.29 is 9.47 Å². The standard InChI is InChI=1S/C15H19N3O2/c1-12-10-15(18-11-17-12)16-8-3-9-20-14-6-4-13(19-2)5-7-14/h4-7,10-11H,3,8-9H2,1-2H3,(H,16,17,18). The van der Waals surface area contributed by atoms with E-state index in [2.05, 4.69) is 15.3 Å². The maximum absolute atomic E-state index is 5.64. The maximum Gasteiger partial charge on any atom is 0.129 e. The van der Waals surface area contributed by atoms with Gasteiger partial charge in [0.1, 0.15) is 23.6 Å². The minimum atomic E-state index is 0.656. The molecule has 1 N–H and O–H groups in total. The van der Waals surface area contributed by atoms with Crippen molar-refractivity contribution in [3.8, 4) is 11.5 Å². The van der Waals surface area contributed by atoms with Crippen LogP contribution in [0.1, 0.15) is 12.1 Å². The summed E-state index contributed by atoms with van der Waals surface area (Å²) in [4.78, 5) is 8.19. The monoisotopic (exact) mass is 273 g/mol. The molecule has 1 heterocycles. The molecule has 0 aliphatic heterocycles. The first-order valence-corrected chi connectivity index (χ1v) is 6.57. The van der Waals surface area contributed by atoms with E-state index in [0.29, 0.717) is 6.61 Å². The van der Waals surface area contributed by atoms with E-state index in [-0.39, 0.29) is 0 Å². The zero-order valence-corrected chi connectivity index (χ0v) is 11.8. The highest BCUT2D eigenvalue weighted by Crippen LogP contribution is 2.17. The first kappa shape index (κ1) is 14.1. The van der Waals surface area contributed by atoms with Crippen molar-refractivity contribution in [2.45, 2.75) is 13.3 Å². The lowest BCUT2D eigenvalue weighted by atomic mass is 10.3. The first-order chi connectivity index (χ1) is 9.78. The summed E-state index contributed by atoms with van der Waals surface area (Å²) in [5.74, 6) is 2.53. The number of methoxy groups -OCH3 is 1. The van der Waals surface area contributed by atoms with Crippen molar-refractivity contribution in [2.24, 2.45) is 0 Å². The predicted molar refractivity (Wildman–Crippen MR) is 78.4 cm³/mol. The zero-order chi connectivity index (χ0) is 14.2. The summed E-state index contributed by atoms with van der Waals surface area (Å²) in [5.41, 5.74) is 0.956. The predicted octanol–water partition coefficient (Wildman–Crippen LogP) is 2.67. The molecule has 0 radical (unpaired) electrons. The molecule has 0 unspecified atom stereocenters. The average molecular weight is 273 g/mol. The van der Waals surface area contributed by atoms with Gasteiger partial charge in [0.15, 0.2) is 0 Å². The maximum atomic E-state index is 5.64. The van der Waals surface area contributed by atoms with Crippen molar-refractivity contribution in [1.29, 1.82) is 0 Å². The normalized spacial score (nSPS) is 10.1. The van der Waals surface area contributed by atoms with Crippen molar-refractivity contribution in [3.05, 3.63) is 42.4 Å². The Morgan fingerprint density at radius 2 is 1.85 bits per heavy atom. The van der Waals surface area contributed by atoms with E-state index >= 15 is 0 Å². The molecular weight excluding hydrogens is 254 g/mol.